The number of anilines is 1. The molecular formula is C29H38N5O2+. The number of nitro groups is 1. The number of azo groups is 1. The molecule has 3 rings (SSSR count). The number of nitrogens with one attached hydrogen (secondary N) is 1. The average Bonchev–Trinajstić information content (AvgIpc) is 2.91. The number of rotatable bonds is 17. The van der Waals surface area contributed by atoms with Gasteiger partial charge in [0, 0.05) is 42.9 Å². The first-order chi connectivity index (χ1) is 17.7. The summed E-state index contributed by atoms with van der Waals surface area (Å²) >= 11 is 0. The van der Waals surface area contributed by atoms with E-state index in [1.54, 1.807) is 12.1 Å². The first kappa shape index (κ1) is 27.0. The number of aromatic nitrogens is 1. The summed E-state index contributed by atoms with van der Waals surface area (Å²) in [5, 5.41) is 22.5. The number of hydrogen-bond donors (Lipinski definition) is 1. The second-order valence-electron chi connectivity index (χ2n) is 9.10. The molecule has 0 aliphatic rings. The summed E-state index contributed by atoms with van der Waals surface area (Å²) in [5.74, 6) is 0. The highest BCUT2D eigenvalue weighted by Crippen LogP contribution is 2.22. The van der Waals surface area contributed by atoms with E-state index in [4.69, 9.17) is 0 Å². The molecule has 7 nitrogen and oxygen atoms in total. The molecule has 0 bridgehead atoms. The summed E-state index contributed by atoms with van der Waals surface area (Å²) in [4.78, 5) is 10.3. The van der Waals surface area contributed by atoms with E-state index in [1.807, 2.05) is 24.3 Å². The van der Waals surface area contributed by atoms with Crippen LogP contribution in [0.25, 0.3) is 0 Å². The third-order valence-corrected chi connectivity index (χ3v) is 6.16. The van der Waals surface area contributed by atoms with E-state index in [9.17, 15) is 10.1 Å². The summed E-state index contributed by atoms with van der Waals surface area (Å²) in [6.45, 7) is 2.11. The molecule has 0 amide bonds. The van der Waals surface area contributed by atoms with Crippen LogP contribution in [0.1, 0.15) is 64.2 Å². The van der Waals surface area contributed by atoms with Crippen molar-refractivity contribution < 1.29 is 9.49 Å². The molecule has 36 heavy (non-hydrogen) atoms. The van der Waals surface area contributed by atoms with Gasteiger partial charge in [0.2, 0.25) is 0 Å². The van der Waals surface area contributed by atoms with Gasteiger partial charge in [-0.25, -0.2) is 4.57 Å². The Morgan fingerprint density at radius 1 is 0.667 bits per heavy atom. The van der Waals surface area contributed by atoms with Crippen molar-refractivity contribution in [1.29, 1.82) is 0 Å². The number of pyridine rings is 1. The monoisotopic (exact) mass is 488 g/mol. The molecule has 0 aliphatic heterocycles. The van der Waals surface area contributed by atoms with Gasteiger partial charge in [0.25, 0.3) is 5.69 Å². The number of non-ortho nitro benzene ring substituents is 1. The zero-order chi connectivity index (χ0) is 25.3. The molecule has 0 saturated carbocycles. The van der Waals surface area contributed by atoms with Gasteiger partial charge in [-0.05, 0) is 49.2 Å². The minimum Gasteiger partial charge on any atom is -0.385 e. The van der Waals surface area contributed by atoms with Crippen molar-refractivity contribution in [2.24, 2.45) is 10.2 Å². The molecule has 0 saturated heterocycles. The van der Waals surface area contributed by atoms with E-state index in [0.29, 0.717) is 5.69 Å². The van der Waals surface area contributed by atoms with Crippen molar-refractivity contribution >= 4 is 22.7 Å². The quantitative estimate of drug-likeness (QED) is 0.0681. The van der Waals surface area contributed by atoms with Gasteiger partial charge >= 0.3 is 0 Å². The second kappa shape index (κ2) is 16.1. The van der Waals surface area contributed by atoms with Crippen molar-refractivity contribution in [3.8, 4) is 0 Å². The summed E-state index contributed by atoms with van der Waals surface area (Å²) in [7, 11) is 0. The standard InChI is InChI=1S/C29H38N5O2/c35-34(36)29-20-18-28(19-21-29)32-31-27-16-14-26(15-17-27)30-22-10-7-5-3-1-2-4-6-8-11-23-33-24-12-9-13-25-33/h9,12-21,24-25,30H,1-8,10-11,22-23H2/q+1. The lowest BCUT2D eigenvalue weighted by atomic mass is 10.1. The Kier molecular flexibility index (Phi) is 12.1. The number of nitro benzene ring substituents is 1. The number of nitrogens with zero attached hydrogens (tertiary/aromatic N) is 4. The number of unbranched alkanes of at least 4 members (excludes halogenated alkanes) is 9. The van der Waals surface area contributed by atoms with Gasteiger partial charge in [0.05, 0.1) is 16.3 Å². The van der Waals surface area contributed by atoms with Crippen molar-refractivity contribution in [3.05, 3.63) is 89.2 Å². The minimum absolute atomic E-state index is 0.0458. The van der Waals surface area contributed by atoms with Crippen molar-refractivity contribution in [3.63, 3.8) is 0 Å². The van der Waals surface area contributed by atoms with Crippen molar-refractivity contribution in [2.75, 3.05) is 11.9 Å². The molecule has 2 aromatic carbocycles. The Labute approximate surface area is 214 Å². The molecule has 0 fully saturated rings. The highest BCUT2D eigenvalue weighted by Gasteiger charge is 2.03. The summed E-state index contributed by atoms with van der Waals surface area (Å²) < 4.78 is 2.27. The Morgan fingerprint density at radius 2 is 1.17 bits per heavy atom. The molecule has 3 aromatic rings. The maximum Gasteiger partial charge on any atom is 0.269 e. The van der Waals surface area contributed by atoms with E-state index >= 15 is 0 Å². The summed E-state index contributed by atoms with van der Waals surface area (Å²) in [6, 6.07) is 20.1. The van der Waals surface area contributed by atoms with Crippen LogP contribution in [0.3, 0.4) is 0 Å². The van der Waals surface area contributed by atoms with Crippen LogP contribution < -0.4 is 9.88 Å². The highest BCUT2D eigenvalue weighted by molar-refractivity contribution is 5.51. The van der Waals surface area contributed by atoms with Gasteiger partial charge in [-0.1, -0.05) is 51.0 Å². The topological polar surface area (TPSA) is 83.8 Å². The Bertz CT molecular complexity index is 1040. The zero-order valence-electron chi connectivity index (χ0n) is 21.1. The maximum absolute atomic E-state index is 10.7. The number of aryl methyl sites for hydroxylation is 1. The lowest BCUT2D eigenvalue weighted by molar-refractivity contribution is -0.697. The Hall–Kier alpha value is -3.61. The summed E-state index contributed by atoms with van der Waals surface area (Å²) in [6.07, 6.45) is 17.4. The van der Waals surface area contributed by atoms with Crippen LogP contribution in [-0.4, -0.2) is 11.5 Å². The molecule has 0 radical (unpaired) electrons. The average molecular weight is 489 g/mol. The third kappa shape index (κ3) is 10.8. The van der Waals surface area contributed by atoms with Crippen LogP contribution >= 0.6 is 0 Å². The Morgan fingerprint density at radius 3 is 1.72 bits per heavy atom. The van der Waals surface area contributed by atoms with Gasteiger partial charge in [0.15, 0.2) is 12.4 Å². The summed E-state index contributed by atoms with van der Waals surface area (Å²) in [5.41, 5.74) is 2.45. The van der Waals surface area contributed by atoms with Crippen LogP contribution in [0.4, 0.5) is 22.7 Å². The molecular weight excluding hydrogens is 450 g/mol. The molecule has 0 aliphatic carbocycles. The molecule has 0 unspecified atom stereocenters. The van der Waals surface area contributed by atoms with E-state index in [0.717, 1.165) is 24.5 Å². The zero-order valence-corrected chi connectivity index (χ0v) is 21.1. The van der Waals surface area contributed by atoms with Crippen LogP contribution in [0, 0.1) is 10.1 Å². The molecule has 7 heteroatoms. The van der Waals surface area contributed by atoms with Crippen molar-refractivity contribution in [2.45, 2.75) is 70.8 Å². The van der Waals surface area contributed by atoms with E-state index in [1.165, 1.54) is 76.3 Å². The van der Waals surface area contributed by atoms with E-state index in [2.05, 4.69) is 50.7 Å². The van der Waals surface area contributed by atoms with Crippen LogP contribution in [0.2, 0.25) is 0 Å². The fourth-order valence-electron chi connectivity index (χ4n) is 4.05. The molecule has 0 spiro atoms. The van der Waals surface area contributed by atoms with Gasteiger partial charge in [-0.15, -0.1) is 0 Å². The van der Waals surface area contributed by atoms with Gasteiger partial charge in [0.1, 0.15) is 6.54 Å². The highest BCUT2D eigenvalue weighted by atomic mass is 16.6. The third-order valence-electron chi connectivity index (χ3n) is 6.16. The van der Waals surface area contributed by atoms with E-state index in [-0.39, 0.29) is 5.69 Å². The van der Waals surface area contributed by atoms with Crippen LogP contribution in [0.15, 0.2) is 89.4 Å². The number of hydrogen-bond acceptors (Lipinski definition) is 5. The van der Waals surface area contributed by atoms with Crippen LogP contribution in [0.5, 0.6) is 0 Å². The largest absolute Gasteiger partial charge is 0.385 e. The fourth-order valence-corrected chi connectivity index (χ4v) is 4.05. The number of benzene rings is 2. The fraction of sp³-hybridized carbons (Fsp3) is 0.414. The predicted molar refractivity (Wildman–Crippen MR) is 145 cm³/mol. The lowest BCUT2D eigenvalue weighted by Crippen LogP contribution is -2.32. The molecule has 0 atom stereocenters. The molecule has 190 valence electrons. The predicted octanol–water partition coefficient (Wildman–Crippen LogP) is 8.31. The van der Waals surface area contributed by atoms with Crippen LogP contribution in [-0.2, 0) is 6.54 Å². The normalized spacial score (nSPS) is 11.1. The molecule has 1 heterocycles. The molecule has 1 aromatic heterocycles. The van der Waals surface area contributed by atoms with Gasteiger partial charge in [-0.3, -0.25) is 10.1 Å². The van der Waals surface area contributed by atoms with Gasteiger partial charge < -0.3 is 5.32 Å². The lowest BCUT2D eigenvalue weighted by Gasteiger charge is -2.06. The smallest absolute Gasteiger partial charge is 0.269 e. The first-order valence-corrected chi connectivity index (χ1v) is 13.1. The van der Waals surface area contributed by atoms with Crippen molar-refractivity contribution in [1.82, 2.24) is 0 Å². The molecule has 1 N–H and O–H groups in total. The minimum atomic E-state index is -0.427. The van der Waals surface area contributed by atoms with Gasteiger partial charge in [-0.2, -0.15) is 10.2 Å². The maximum atomic E-state index is 10.7. The first-order valence-electron chi connectivity index (χ1n) is 13.1. The second-order valence-corrected chi connectivity index (χ2v) is 9.10. The SMILES string of the molecule is O=[N+]([O-])c1ccc(N=Nc2ccc(NCCCCCCCCCCCC[n+]3ccccc3)cc2)cc1. The van der Waals surface area contributed by atoms with E-state index < -0.39 is 4.92 Å². The Balaban J connectivity index is 1.16.